The van der Waals surface area contributed by atoms with E-state index >= 15 is 0 Å². The molecule has 0 atom stereocenters. The molecule has 5 heteroatoms. The van der Waals surface area contributed by atoms with Gasteiger partial charge in [-0.1, -0.05) is 12.1 Å². The number of likely N-dealkylation sites (N-methyl/N-ethyl adjacent to an activating group) is 1. The second-order valence-corrected chi connectivity index (χ2v) is 6.48. The lowest BCUT2D eigenvalue weighted by Gasteiger charge is -2.26. The topological polar surface area (TPSA) is 49.4 Å². The summed E-state index contributed by atoms with van der Waals surface area (Å²) in [5.41, 5.74) is 2.91. The number of nitrogens with zero attached hydrogens (tertiary/aromatic N) is 1. The van der Waals surface area contributed by atoms with Gasteiger partial charge in [-0.2, -0.15) is 0 Å². The van der Waals surface area contributed by atoms with Crippen LogP contribution in [0.15, 0.2) is 18.2 Å². The number of benzene rings is 1. The molecule has 1 rings (SSSR count). The number of sulfonamides is 1. The predicted molar refractivity (Wildman–Crippen MR) is 76.6 cm³/mol. The lowest BCUT2D eigenvalue weighted by molar-refractivity contribution is 0.590. The molecule has 0 fully saturated rings. The second-order valence-electron chi connectivity index (χ2n) is 4.30. The molecule has 0 aromatic heterocycles. The molecular weight excluding hydrogens is 248 g/mol. The van der Waals surface area contributed by atoms with Gasteiger partial charge in [-0.3, -0.25) is 4.31 Å². The van der Waals surface area contributed by atoms with Crippen molar-refractivity contribution in [2.45, 2.75) is 20.8 Å². The molecule has 0 bridgehead atoms. The molecule has 1 N–H and O–H groups in total. The van der Waals surface area contributed by atoms with Crippen LogP contribution < -0.4 is 9.62 Å². The minimum atomic E-state index is -3.23. The molecule has 0 saturated heterocycles. The van der Waals surface area contributed by atoms with E-state index in [4.69, 9.17) is 0 Å². The summed E-state index contributed by atoms with van der Waals surface area (Å²) in [5.74, 6) is 0.115. The lowest BCUT2D eigenvalue weighted by Crippen LogP contribution is -2.37. The third-order valence-corrected chi connectivity index (χ3v) is 4.89. The summed E-state index contributed by atoms with van der Waals surface area (Å²) in [6.45, 7) is 6.71. The molecule has 1 aromatic carbocycles. The highest BCUT2D eigenvalue weighted by atomic mass is 32.2. The standard InChI is InChI=1S/C13H22N2O2S/c1-5-18(16,17)15(10-9-14-4)13-8-6-7-11(2)12(13)3/h6-8,14H,5,9-10H2,1-4H3. The van der Waals surface area contributed by atoms with E-state index in [2.05, 4.69) is 5.32 Å². The Morgan fingerprint density at radius 1 is 1.28 bits per heavy atom. The van der Waals surface area contributed by atoms with Crippen molar-refractivity contribution in [2.24, 2.45) is 0 Å². The number of nitrogens with one attached hydrogen (secondary N) is 1. The number of aryl methyl sites for hydroxylation is 1. The maximum atomic E-state index is 12.2. The van der Waals surface area contributed by atoms with Crippen molar-refractivity contribution in [3.63, 3.8) is 0 Å². The van der Waals surface area contributed by atoms with Crippen LogP contribution in [0.2, 0.25) is 0 Å². The van der Waals surface area contributed by atoms with Gasteiger partial charge in [-0.25, -0.2) is 8.42 Å². The molecular formula is C13H22N2O2S. The van der Waals surface area contributed by atoms with Gasteiger partial charge in [0.2, 0.25) is 10.0 Å². The van der Waals surface area contributed by atoms with Crippen molar-refractivity contribution < 1.29 is 8.42 Å². The van der Waals surface area contributed by atoms with Gasteiger partial charge >= 0.3 is 0 Å². The molecule has 0 radical (unpaired) electrons. The van der Waals surface area contributed by atoms with Gasteiger partial charge in [-0.15, -0.1) is 0 Å². The van der Waals surface area contributed by atoms with Gasteiger partial charge in [-0.05, 0) is 45.0 Å². The van der Waals surface area contributed by atoms with Crippen molar-refractivity contribution in [2.75, 3.05) is 30.2 Å². The van der Waals surface area contributed by atoms with Gasteiger partial charge in [0.05, 0.1) is 11.4 Å². The molecule has 1 aromatic rings. The smallest absolute Gasteiger partial charge is 0.234 e. The summed E-state index contributed by atoms with van der Waals surface area (Å²) in [6.07, 6.45) is 0. The van der Waals surface area contributed by atoms with Crippen LogP contribution in [-0.2, 0) is 10.0 Å². The summed E-state index contributed by atoms with van der Waals surface area (Å²) < 4.78 is 25.8. The monoisotopic (exact) mass is 270 g/mol. The maximum absolute atomic E-state index is 12.2. The minimum absolute atomic E-state index is 0.115. The van der Waals surface area contributed by atoms with Crippen LogP contribution in [0.25, 0.3) is 0 Å². The highest BCUT2D eigenvalue weighted by Crippen LogP contribution is 2.25. The molecule has 102 valence electrons. The van der Waals surface area contributed by atoms with Gasteiger partial charge in [0.1, 0.15) is 0 Å². The molecule has 0 heterocycles. The first kappa shape index (κ1) is 15.0. The van der Waals surface area contributed by atoms with Gasteiger partial charge in [0, 0.05) is 13.1 Å². The fourth-order valence-corrected chi connectivity index (χ4v) is 2.96. The van der Waals surface area contributed by atoms with Crippen LogP contribution in [0, 0.1) is 13.8 Å². The van der Waals surface area contributed by atoms with Crippen LogP contribution in [0.5, 0.6) is 0 Å². The van der Waals surface area contributed by atoms with E-state index < -0.39 is 10.0 Å². The fourth-order valence-electron chi connectivity index (χ4n) is 1.78. The SMILES string of the molecule is CCS(=O)(=O)N(CCNC)c1cccc(C)c1C. The van der Waals surface area contributed by atoms with Crippen LogP contribution in [0.3, 0.4) is 0 Å². The summed E-state index contributed by atoms with van der Waals surface area (Å²) in [4.78, 5) is 0. The number of anilines is 1. The minimum Gasteiger partial charge on any atom is -0.318 e. The van der Waals surface area contributed by atoms with Crippen molar-refractivity contribution in [3.8, 4) is 0 Å². The van der Waals surface area contributed by atoms with E-state index in [0.29, 0.717) is 13.1 Å². The van der Waals surface area contributed by atoms with Gasteiger partial charge < -0.3 is 5.32 Å². The predicted octanol–water partition coefficient (Wildman–Crippen LogP) is 1.68. The Morgan fingerprint density at radius 3 is 2.50 bits per heavy atom. The summed E-state index contributed by atoms with van der Waals surface area (Å²) in [5, 5.41) is 2.99. The first-order valence-corrected chi connectivity index (χ1v) is 7.76. The van der Waals surface area contributed by atoms with Crippen LogP contribution in [0.1, 0.15) is 18.1 Å². The zero-order chi connectivity index (χ0) is 13.8. The van der Waals surface area contributed by atoms with Crippen molar-refractivity contribution >= 4 is 15.7 Å². The first-order chi connectivity index (χ1) is 8.44. The molecule has 0 aliphatic rings. The van der Waals surface area contributed by atoms with Crippen molar-refractivity contribution in [1.29, 1.82) is 0 Å². The Morgan fingerprint density at radius 2 is 1.94 bits per heavy atom. The third-order valence-electron chi connectivity index (χ3n) is 3.11. The Hall–Kier alpha value is -1.07. The van der Waals surface area contributed by atoms with Crippen LogP contribution >= 0.6 is 0 Å². The summed E-state index contributed by atoms with van der Waals surface area (Å²) in [6, 6.07) is 5.76. The number of rotatable bonds is 6. The highest BCUT2D eigenvalue weighted by molar-refractivity contribution is 7.92. The zero-order valence-corrected chi connectivity index (χ0v) is 12.3. The molecule has 4 nitrogen and oxygen atoms in total. The van der Waals surface area contributed by atoms with E-state index in [1.165, 1.54) is 4.31 Å². The van der Waals surface area contributed by atoms with Crippen molar-refractivity contribution in [3.05, 3.63) is 29.3 Å². The summed E-state index contributed by atoms with van der Waals surface area (Å²) >= 11 is 0. The lowest BCUT2D eigenvalue weighted by atomic mass is 10.1. The molecule has 0 aliphatic heterocycles. The van der Waals surface area contributed by atoms with Gasteiger partial charge in [0.15, 0.2) is 0 Å². The maximum Gasteiger partial charge on any atom is 0.234 e. The normalized spacial score (nSPS) is 11.6. The zero-order valence-electron chi connectivity index (χ0n) is 11.5. The van der Waals surface area contributed by atoms with E-state index in [1.807, 2.05) is 39.1 Å². The average Bonchev–Trinajstić information content (AvgIpc) is 2.34. The second kappa shape index (κ2) is 6.20. The molecule has 0 aliphatic carbocycles. The fraction of sp³-hybridized carbons (Fsp3) is 0.538. The van der Waals surface area contributed by atoms with Crippen LogP contribution in [0.4, 0.5) is 5.69 Å². The average molecular weight is 270 g/mol. The molecule has 18 heavy (non-hydrogen) atoms. The number of hydrogen-bond acceptors (Lipinski definition) is 3. The Balaban J connectivity index is 3.22. The Bertz CT molecular complexity index is 498. The molecule has 0 amide bonds. The number of hydrogen-bond donors (Lipinski definition) is 1. The van der Waals surface area contributed by atoms with E-state index in [0.717, 1.165) is 16.8 Å². The first-order valence-electron chi connectivity index (χ1n) is 6.15. The quantitative estimate of drug-likeness (QED) is 0.855. The van der Waals surface area contributed by atoms with E-state index in [9.17, 15) is 8.42 Å². The molecule has 0 unspecified atom stereocenters. The van der Waals surface area contributed by atoms with Crippen molar-refractivity contribution in [1.82, 2.24) is 5.32 Å². The summed E-state index contributed by atoms with van der Waals surface area (Å²) in [7, 11) is -1.41. The highest BCUT2D eigenvalue weighted by Gasteiger charge is 2.21. The molecule has 0 spiro atoms. The van der Waals surface area contributed by atoms with Gasteiger partial charge in [0.25, 0.3) is 0 Å². The van der Waals surface area contributed by atoms with E-state index in [1.54, 1.807) is 6.92 Å². The Labute approximate surface area is 110 Å². The van der Waals surface area contributed by atoms with Crippen LogP contribution in [-0.4, -0.2) is 34.3 Å². The van der Waals surface area contributed by atoms with E-state index in [-0.39, 0.29) is 5.75 Å². The largest absolute Gasteiger partial charge is 0.318 e. The molecule has 0 saturated carbocycles. The third kappa shape index (κ3) is 3.23. The Kier molecular flexibility index (Phi) is 5.16.